The lowest BCUT2D eigenvalue weighted by molar-refractivity contribution is 0.0516. The van der Waals surface area contributed by atoms with Gasteiger partial charge in [0.25, 0.3) is 0 Å². The second-order valence-electron chi connectivity index (χ2n) is 6.06. The van der Waals surface area contributed by atoms with Gasteiger partial charge in [-0.25, -0.2) is 0 Å². The van der Waals surface area contributed by atoms with Gasteiger partial charge in [-0.2, -0.15) is 0 Å². The maximum atomic E-state index is 6.41. The number of hydrogen-bond donors (Lipinski definition) is 2. The fraction of sp³-hybridized carbons (Fsp3) is 1.00. The summed E-state index contributed by atoms with van der Waals surface area (Å²) in [6.07, 6.45) is 7.79. The third-order valence-electron chi connectivity index (χ3n) is 4.44. The summed E-state index contributed by atoms with van der Waals surface area (Å²) in [5, 5.41) is 3.77. The van der Waals surface area contributed by atoms with Crippen LogP contribution in [-0.2, 0) is 4.74 Å². The van der Waals surface area contributed by atoms with Crippen LogP contribution in [0.15, 0.2) is 0 Å². The zero-order chi connectivity index (χ0) is 11.0. The molecule has 3 aliphatic rings. The molecule has 3 fully saturated rings. The van der Waals surface area contributed by atoms with E-state index in [-0.39, 0.29) is 5.54 Å². The van der Waals surface area contributed by atoms with Gasteiger partial charge in [0.1, 0.15) is 0 Å². The van der Waals surface area contributed by atoms with Crippen molar-refractivity contribution in [1.82, 2.24) is 5.32 Å². The van der Waals surface area contributed by atoms with E-state index in [9.17, 15) is 0 Å². The van der Waals surface area contributed by atoms with Gasteiger partial charge in [0.05, 0.1) is 0 Å². The molecule has 3 heteroatoms. The summed E-state index contributed by atoms with van der Waals surface area (Å²) in [6.45, 7) is 2.68. The first-order chi connectivity index (χ1) is 7.77. The molecule has 1 heterocycles. The van der Waals surface area contributed by atoms with E-state index in [0.717, 1.165) is 50.5 Å². The predicted molar refractivity (Wildman–Crippen MR) is 64.2 cm³/mol. The van der Waals surface area contributed by atoms with Gasteiger partial charge < -0.3 is 15.8 Å². The van der Waals surface area contributed by atoms with Crippen molar-refractivity contribution in [3.63, 3.8) is 0 Å². The number of hydrogen-bond acceptors (Lipinski definition) is 3. The standard InChI is InChI=1S/C13H24N2O/c14-13(5-7-16-8-6-13)9-15-12(10-1-2-10)11-3-4-11/h10-12,15H,1-9,14H2. The monoisotopic (exact) mass is 224 g/mol. The van der Waals surface area contributed by atoms with Crippen molar-refractivity contribution in [1.29, 1.82) is 0 Å². The summed E-state index contributed by atoms with van der Waals surface area (Å²) in [6, 6.07) is 0.781. The highest BCUT2D eigenvalue weighted by atomic mass is 16.5. The molecule has 2 aliphatic carbocycles. The topological polar surface area (TPSA) is 47.3 Å². The minimum atomic E-state index is 0.000278. The molecule has 0 radical (unpaired) electrons. The maximum Gasteiger partial charge on any atom is 0.0484 e. The molecular formula is C13H24N2O. The highest BCUT2D eigenvalue weighted by Gasteiger charge is 2.42. The van der Waals surface area contributed by atoms with E-state index in [1.54, 1.807) is 0 Å². The van der Waals surface area contributed by atoms with E-state index in [1.807, 2.05) is 0 Å². The van der Waals surface area contributed by atoms with E-state index >= 15 is 0 Å². The van der Waals surface area contributed by atoms with Gasteiger partial charge in [0, 0.05) is 31.3 Å². The molecule has 0 unspecified atom stereocenters. The van der Waals surface area contributed by atoms with Crippen LogP contribution in [0, 0.1) is 11.8 Å². The molecule has 1 saturated heterocycles. The maximum absolute atomic E-state index is 6.41. The third kappa shape index (κ3) is 2.58. The second-order valence-corrected chi connectivity index (χ2v) is 6.06. The molecule has 3 N–H and O–H groups in total. The summed E-state index contributed by atoms with van der Waals surface area (Å²) < 4.78 is 5.38. The smallest absolute Gasteiger partial charge is 0.0484 e. The second kappa shape index (κ2) is 4.28. The zero-order valence-electron chi connectivity index (χ0n) is 10.1. The summed E-state index contributed by atoms with van der Waals surface area (Å²) in [7, 11) is 0. The first-order valence-electron chi connectivity index (χ1n) is 6.87. The Balaban J connectivity index is 1.49. The largest absolute Gasteiger partial charge is 0.381 e. The van der Waals surface area contributed by atoms with E-state index in [1.165, 1.54) is 25.7 Å². The van der Waals surface area contributed by atoms with Crippen LogP contribution in [0.3, 0.4) is 0 Å². The highest BCUT2D eigenvalue weighted by Crippen LogP contribution is 2.44. The van der Waals surface area contributed by atoms with Crippen LogP contribution in [0.2, 0.25) is 0 Å². The van der Waals surface area contributed by atoms with Crippen LogP contribution in [-0.4, -0.2) is 31.3 Å². The lowest BCUT2D eigenvalue weighted by Gasteiger charge is -2.35. The average molecular weight is 224 g/mol. The summed E-state index contributed by atoms with van der Waals surface area (Å²) >= 11 is 0. The number of nitrogens with two attached hydrogens (primary N) is 1. The molecule has 0 amide bonds. The Kier molecular flexibility index (Phi) is 2.94. The van der Waals surface area contributed by atoms with Gasteiger partial charge in [0.15, 0.2) is 0 Å². The minimum absolute atomic E-state index is 0.000278. The first kappa shape index (κ1) is 11.0. The number of ether oxygens (including phenoxy) is 1. The Hall–Kier alpha value is -0.120. The predicted octanol–water partition coefficient (Wildman–Crippen LogP) is 1.27. The molecular weight excluding hydrogens is 200 g/mol. The Labute approximate surface area is 98.1 Å². The number of nitrogens with one attached hydrogen (secondary N) is 1. The van der Waals surface area contributed by atoms with Crippen molar-refractivity contribution in [2.24, 2.45) is 17.6 Å². The molecule has 92 valence electrons. The van der Waals surface area contributed by atoms with Crippen molar-refractivity contribution < 1.29 is 4.74 Å². The summed E-state index contributed by atoms with van der Waals surface area (Å²) in [4.78, 5) is 0. The van der Waals surface area contributed by atoms with E-state index in [2.05, 4.69) is 5.32 Å². The Morgan fingerprint density at radius 3 is 2.19 bits per heavy atom. The van der Waals surface area contributed by atoms with Crippen molar-refractivity contribution in [2.75, 3.05) is 19.8 Å². The van der Waals surface area contributed by atoms with Gasteiger partial charge in [-0.1, -0.05) is 0 Å². The van der Waals surface area contributed by atoms with Crippen LogP contribution in [0.1, 0.15) is 38.5 Å². The Morgan fingerprint density at radius 2 is 1.69 bits per heavy atom. The SMILES string of the molecule is NC1(CNC(C2CC2)C2CC2)CCOCC1. The zero-order valence-corrected chi connectivity index (χ0v) is 10.1. The molecule has 0 bridgehead atoms. The van der Waals surface area contributed by atoms with Crippen LogP contribution >= 0.6 is 0 Å². The summed E-state index contributed by atoms with van der Waals surface area (Å²) in [5.41, 5.74) is 6.41. The molecule has 0 aromatic heterocycles. The van der Waals surface area contributed by atoms with Crippen molar-refractivity contribution in [3.05, 3.63) is 0 Å². The molecule has 1 aliphatic heterocycles. The van der Waals surface area contributed by atoms with E-state index in [0.29, 0.717) is 0 Å². The molecule has 3 nitrogen and oxygen atoms in total. The van der Waals surface area contributed by atoms with Gasteiger partial charge in [-0.3, -0.25) is 0 Å². The quantitative estimate of drug-likeness (QED) is 0.739. The fourth-order valence-electron chi connectivity index (χ4n) is 2.90. The molecule has 0 spiro atoms. The first-order valence-corrected chi connectivity index (χ1v) is 6.87. The van der Waals surface area contributed by atoms with Crippen molar-refractivity contribution >= 4 is 0 Å². The van der Waals surface area contributed by atoms with Crippen LogP contribution in [0.4, 0.5) is 0 Å². The van der Waals surface area contributed by atoms with Crippen LogP contribution in [0.25, 0.3) is 0 Å². The van der Waals surface area contributed by atoms with Crippen molar-refractivity contribution in [3.8, 4) is 0 Å². The van der Waals surface area contributed by atoms with Gasteiger partial charge in [0.2, 0.25) is 0 Å². The van der Waals surface area contributed by atoms with Gasteiger partial charge >= 0.3 is 0 Å². The molecule has 16 heavy (non-hydrogen) atoms. The van der Waals surface area contributed by atoms with Gasteiger partial charge in [-0.05, 0) is 50.4 Å². The Morgan fingerprint density at radius 1 is 1.12 bits per heavy atom. The lowest BCUT2D eigenvalue weighted by atomic mass is 9.90. The third-order valence-corrected chi connectivity index (χ3v) is 4.44. The summed E-state index contributed by atoms with van der Waals surface area (Å²) in [5.74, 6) is 1.94. The lowest BCUT2D eigenvalue weighted by Crippen LogP contribution is -2.54. The van der Waals surface area contributed by atoms with Crippen LogP contribution in [0.5, 0.6) is 0 Å². The molecule has 0 atom stereocenters. The average Bonchev–Trinajstić information content (AvgIpc) is 3.14. The van der Waals surface area contributed by atoms with Gasteiger partial charge in [-0.15, -0.1) is 0 Å². The molecule has 3 rings (SSSR count). The highest BCUT2D eigenvalue weighted by molar-refractivity contribution is 4.99. The van der Waals surface area contributed by atoms with Crippen molar-refractivity contribution in [2.45, 2.75) is 50.1 Å². The van der Waals surface area contributed by atoms with E-state index in [4.69, 9.17) is 10.5 Å². The fourth-order valence-corrected chi connectivity index (χ4v) is 2.90. The van der Waals surface area contributed by atoms with Crippen LogP contribution < -0.4 is 11.1 Å². The normalized spacial score (nSPS) is 29.6. The molecule has 0 aromatic rings. The van der Waals surface area contributed by atoms with E-state index < -0.39 is 0 Å². The number of rotatable bonds is 5. The minimum Gasteiger partial charge on any atom is -0.381 e. The molecule has 0 aromatic carbocycles. The molecule has 2 saturated carbocycles. The Bertz CT molecular complexity index is 230.